The lowest BCUT2D eigenvalue weighted by molar-refractivity contribution is 0.776. The molecule has 0 saturated heterocycles. The molecule has 0 amide bonds. The van der Waals surface area contributed by atoms with E-state index >= 15 is 0 Å². The molecule has 0 radical (unpaired) electrons. The van der Waals surface area contributed by atoms with Gasteiger partial charge in [0.05, 0.1) is 0 Å². The lowest BCUT2D eigenvalue weighted by Crippen LogP contribution is -1.91. The first kappa shape index (κ1) is 15.0. The number of hydrogen-bond acceptors (Lipinski definition) is 0. The van der Waals surface area contributed by atoms with Crippen molar-refractivity contribution in [2.24, 2.45) is 0 Å². The van der Waals surface area contributed by atoms with E-state index in [4.69, 9.17) is 0 Å². The molecule has 0 aliphatic heterocycles. The molecule has 0 saturated carbocycles. The summed E-state index contributed by atoms with van der Waals surface area (Å²) in [6, 6.07) is 8.85. The average Bonchev–Trinajstić information content (AvgIpc) is 2.29. The monoisotopic (exact) mass is 218 g/mol. The minimum atomic E-state index is 0.630. The quantitative estimate of drug-likeness (QED) is 0.589. The second kappa shape index (κ2) is 8.15. The van der Waals surface area contributed by atoms with E-state index in [0.717, 1.165) is 6.42 Å². The van der Waals surface area contributed by atoms with Crippen LogP contribution in [0.3, 0.4) is 0 Å². The number of benzene rings is 1. The first-order valence-corrected chi connectivity index (χ1v) is 6.29. The van der Waals surface area contributed by atoms with Crippen molar-refractivity contribution in [3.8, 4) is 0 Å². The zero-order valence-corrected chi connectivity index (χ0v) is 11.7. The van der Waals surface area contributed by atoms with Crippen molar-refractivity contribution in [1.82, 2.24) is 0 Å². The Hall–Kier alpha value is -1.04. The Morgan fingerprint density at radius 3 is 2.06 bits per heavy atom. The molecule has 0 aliphatic carbocycles. The van der Waals surface area contributed by atoms with Gasteiger partial charge in [-0.3, -0.25) is 0 Å². The minimum absolute atomic E-state index is 0.630. The van der Waals surface area contributed by atoms with Crippen LogP contribution in [0.5, 0.6) is 0 Å². The molecule has 1 aromatic rings. The maximum Gasteiger partial charge on any atom is -0.0156 e. The highest BCUT2D eigenvalue weighted by Crippen LogP contribution is 2.20. The second-order valence-electron chi connectivity index (χ2n) is 4.33. The van der Waals surface area contributed by atoms with Crippen LogP contribution in [-0.2, 0) is 0 Å². The van der Waals surface area contributed by atoms with Gasteiger partial charge in [-0.2, -0.15) is 0 Å². The van der Waals surface area contributed by atoms with Crippen molar-refractivity contribution < 1.29 is 0 Å². The van der Waals surface area contributed by atoms with Crippen molar-refractivity contribution in [2.45, 2.75) is 53.9 Å². The van der Waals surface area contributed by atoms with Crippen molar-refractivity contribution >= 4 is 0 Å². The molecule has 0 heterocycles. The van der Waals surface area contributed by atoms with Crippen molar-refractivity contribution in [3.05, 3.63) is 47.0 Å². The number of allylic oxidation sites excluding steroid dienone is 2. The van der Waals surface area contributed by atoms with E-state index in [9.17, 15) is 0 Å². The fourth-order valence-corrected chi connectivity index (χ4v) is 1.44. The van der Waals surface area contributed by atoms with Gasteiger partial charge >= 0.3 is 0 Å². The lowest BCUT2D eigenvalue weighted by atomic mass is 9.96. The van der Waals surface area contributed by atoms with E-state index in [1.54, 1.807) is 0 Å². The predicted molar refractivity (Wildman–Crippen MR) is 75.0 cm³/mol. The summed E-state index contributed by atoms with van der Waals surface area (Å²) in [7, 11) is 0. The van der Waals surface area contributed by atoms with Gasteiger partial charge in [-0.1, -0.05) is 62.2 Å². The first-order valence-electron chi connectivity index (χ1n) is 6.29. The average molecular weight is 218 g/mol. The summed E-state index contributed by atoms with van der Waals surface area (Å²) in [5, 5.41) is 0. The number of rotatable bonds is 3. The molecular weight excluding hydrogens is 192 g/mol. The smallest absolute Gasteiger partial charge is 0.0156 e. The number of hydrogen-bond donors (Lipinski definition) is 0. The Balaban J connectivity index is 0.00000106. The molecule has 0 fully saturated rings. The molecule has 90 valence electrons. The van der Waals surface area contributed by atoms with Gasteiger partial charge in [0, 0.05) is 0 Å². The Kier molecular flexibility index (Phi) is 7.62. The standard InChI is InChI=1S/C14H20.C2H6/c1-11(2)5-8-13(4)14-9-6-12(3)7-10-14;1-2/h5-7,9-10,13H,8H2,1-4H3;1-2H3. The summed E-state index contributed by atoms with van der Waals surface area (Å²) < 4.78 is 0. The van der Waals surface area contributed by atoms with Crippen molar-refractivity contribution in [3.63, 3.8) is 0 Å². The summed E-state index contributed by atoms with van der Waals surface area (Å²) in [6.45, 7) is 12.7. The Bertz CT molecular complexity index is 299. The van der Waals surface area contributed by atoms with Gasteiger partial charge in [-0.05, 0) is 38.7 Å². The van der Waals surface area contributed by atoms with Crippen LogP contribution in [0.2, 0.25) is 0 Å². The maximum absolute atomic E-state index is 2.31. The third-order valence-electron chi connectivity index (χ3n) is 2.53. The highest BCUT2D eigenvalue weighted by Gasteiger charge is 2.02. The number of aryl methyl sites for hydroxylation is 1. The summed E-state index contributed by atoms with van der Waals surface area (Å²) >= 11 is 0. The predicted octanol–water partition coefficient (Wildman–Crippen LogP) is 5.48. The van der Waals surface area contributed by atoms with E-state index < -0.39 is 0 Å². The minimum Gasteiger partial charge on any atom is -0.0853 e. The highest BCUT2D eigenvalue weighted by atomic mass is 14.1. The van der Waals surface area contributed by atoms with Crippen LogP contribution in [-0.4, -0.2) is 0 Å². The molecule has 0 aromatic heterocycles. The molecule has 16 heavy (non-hydrogen) atoms. The van der Waals surface area contributed by atoms with Crippen LogP contribution >= 0.6 is 0 Å². The molecule has 1 rings (SSSR count). The van der Waals surface area contributed by atoms with Gasteiger partial charge in [-0.25, -0.2) is 0 Å². The van der Waals surface area contributed by atoms with Gasteiger partial charge in [-0.15, -0.1) is 0 Å². The van der Waals surface area contributed by atoms with Gasteiger partial charge in [0.1, 0.15) is 0 Å². The van der Waals surface area contributed by atoms with Crippen LogP contribution in [0.25, 0.3) is 0 Å². The zero-order chi connectivity index (χ0) is 12.6. The van der Waals surface area contributed by atoms with Crippen LogP contribution < -0.4 is 0 Å². The van der Waals surface area contributed by atoms with E-state index in [-0.39, 0.29) is 0 Å². The van der Waals surface area contributed by atoms with Crippen molar-refractivity contribution in [1.29, 1.82) is 0 Å². The lowest BCUT2D eigenvalue weighted by Gasteiger charge is -2.09. The van der Waals surface area contributed by atoms with Gasteiger partial charge < -0.3 is 0 Å². The molecule has 1 aromatic carbocycles. The topological polar surface area (TPSA) is 0 Å². The molecule has 0 heteroatoms. The maximum atomic E-state index is 2.31. The second-order valence-corrected chi connectivity index (χ2v) is 4.33. The van der Waals surface area contributed by atoms with E-state index in [2.05, 4.69) is 58.0 Å². The molecule has 1 atom stereocenters. The molecule has 0 N–H and O–H groups in total. The van der Waals surface area contributed by atoms with Gasteiger partial charge in [0.2, 0.25) is 0 Å². The molecule has 1 unspecified atom stereocenters. The SMILES string of the molecule is CC.CC(C)=CCC(C)c1ccc(C)cc1. The van der Waals surface area contributed by atoms with E-state index in [1.807, 2.05) is 13.8 Å². The molecular formula is C16H26. The van der Waals surface area contributed by atoms with Crippen molar-refractivity contribution in [2.75, 3.05) is 0 Å². The summed E-state index contributed by atoms with van der Waals surface area (Å²) in [5.41, 5.74) is 4.18. The van der Waals surface area contributed by atoms with Gasteiger partial charge in [0.25, 0.3) is 0 Å². The van der Waals surface area contributed by atoms with E-state index in [0.29, 0.717) is 5.92 Å². The van der Waals surface area contributed by atoms with Crippen LogP contribution in [0, 0.1) is 6.92 Å². The summed E-state index contributed by atoms with van der Waals surface area (Å²) in [6.07, 6.45) is 3.45. The van der Waals surface area contributed by atoms with Gasteiger partial charge in [0.15, 0.2) is 0 Å². The summed E-state index contributed by atoms with van der Waals surface area (Å²) in [5.74, 6) is 0.630. The Morgan fingerprint density at radius 2 is 1.62 bits per heavy atom. The highest BCUT2D eigenvalue weighted by molar-refractivity contribution is 5.24. The van der Waals surface area contributed by atoms with Crippen LogP contribution in [0.4, 0.5) is 0 Å². The van der Waals surface area contributed by atoms with Crippen LogP contribution in [0.15, 0.2) is 35.9 Å². The van der Waals surface area contributed by atoms with Crippen LogP contribution in [0.1, 0.15) is 58.1 Å². The van der Waals surface area contributed by atoms with E-state index in [1.165, 1.54) is 16.7 Å². The fourth-order valence-electron chi connectivity index (χ4n) is 1.44. The molecule has 0 nitrogen and oxygen atoms in total. The fraction of sp³-hybridized carbons (Fsp3) is 0.500. The normalized spacial score (nSPS) is 11.1. The zero-order valence-electron chi connectivity index (χ0n) is 11.7. The molecule has 0 bridgehead atoms. The molecule has 0 spiro atoms. The third-order valence-corrected chi connectivity index (χ3v) is 2.53. The Labute approximate surface area is 101 Å². The first-order chi connectivity index (χ1) is 7.59. The Morgan fingerprint density at radius 1 is 1.12 bits per heavy atom. The largest absolute Gasteiger partial charge is 0.0853 e. The molecule has 0 aliphatic rings. The summed E-state index contributed by atoms with van der Waals surface area (Å²) in [4.78, 5) is 0. The third kappa shape index (κ3) is 5.75.